The van der Waals surface area contributed by atoms with Crippen LogP contribution >= 0.6 is 0 Å². The maximum Gasteiger partial charge on any atom is 0.355 e. The third kappa shape index (κ3) is 3.78. The van der Waals surface area contributed by atoms with Crippen LogP contribution in [-0.2, 0) is 9.53 Å². The summed E-state index contributed by atoms with van der Waals surface area (Å²) in [6.07, 6.45) is 5.57. The lowest BCUT2D eigenvalue weighted by Gasteiger charge is -2.22. The van der Waals surface area contributed by atoms with E-state index in [1.54, 1.807) is 6.07 Å². The van der Waals surface area contributed by atoms with Crippen LogP contribution in [0, 0.1) is 13.8 Å². The fourth-order valence-corrected chi connectivity index (χ4v) is 3.43. The predicted molar refractivity (Wildman–Crippen MR) is 93.1 cm³/mol. The summed E-state index contributed by atoms with van der Waals surface area (Å²) in [5.74, 6) is -0.722. The second-order valence-corrected chi connectivity index (χ2v) is 6.70. The van der Waals surface area contributed by atoms with Crippen LogP contribution in [0.4, 0.5) is 0 Å². The van der Waals surface area contributed by atoms with Crippen LogP contribution in [0.15, 0.2) is 18.2 Å². The molecule has 3 rings (SSSR count). The van der Waals surface area contributed by atoms with Gasteiger partial charge < -0.3 is 15.0 Å². The van der Waals surface area contributed by atoms with Crippen LogP contribution in [0.1, 0.15) is 53.7 Å². The van der Waals surface area contributed by atoms with Crippen molar-refractivity contribution in [2.75, 3.05) is 6.61 Å². The molecule has 0 spiro atoms. The van der Waals surface area contributed by atoms with Crippen LogP contribution in [0.5, 0.6) is 0 Å². The van der Waals surface area contributed by atoms with E-state index < -0.39 is 5.97 Å². The Balaban J connectivity index is 1.58. The summed E-state index contributed by atoms with van der Waals surface area (Å²) in [6.45, 7) is 3.79. The summed E-state index contributed by atoms with van der Waals surface area (Å²) in [5.41, 5.74) is 3.53. The number of aromatic nitrogens is 1. The van der Waals surface area contributed by atoms with Gasteiger partial charge in [-0.25, -0.2) is 4.79 Å². The smallest absolute Gasteiger partial charge is 0.355 e. The molecule has 2 aromatic rings. The molecule has 1 aromatic carbocycles. The van der Waals surface area contributed by atoms with E-state index in [2.05, 4.69) is 16.4 Å². The third-order valence-corrected chi connectivity index (χ3v) is 4.61. The molecule has 24 heavy (non-hydrogen) atoms. The number of nitrogens with one attached hydrogen (secondary N) is 2. The molecule has 0 radical (unpaired) electrons. The number of carbonyl (C=O) groups is 2. The van der Waals surface area contributed by atoms with Crippen LogP contribution < -0.4 is 5.32 Å². The topological polar surface area (TPSA) is 71.2 Å². The Morgan fingerprint density at radius 3 is 2.67 bits per heavy atom. The Morgan fingerprint density at radius 1 is 1.17 bits per heavy atom. The summed E-state index contributed by atoms with van der Waals surface area (Å²) in [4.78, 5) is 27.2. The quantitative estimate of drug-likeness (QED) is 0.845. The highest BCUT2D eigenvalue weighted by atomic mass is 16.5. The molecular formula is C19H24N2O3. The number of rotatable bonds is 4. The Labute approximate surface area is 141 Å². The van der Waals surface area contributed by atoms with Gasteiger partial charge in [-0.3, -0.25) is 4.79 Å². The molecule has 0 bridgehead atoms. The van der Waals surface area contributed by atoms with Gasteiger partial charge in [-0.15, -0.1) is 0 Å². The van der Waals surface area contributed by atoms with Crippen molar-refractivity contribution in [1.82, 2.24) is 10.3 Å². The molecule has 0 saturated heterocycles. The molecule has 1 saturated carbocycles. The van der Waals surface area contributed by atoms with Gasteiger partial charge in [0.25, 0.3) is 5.91 Å². The molecule has 0 aliphatic heterocycles. The number of fused-ring (bicyclic) bond motifs is 1. The number of H-pyrrole nitrogens is 1. The van der Waals surface area contributed by atoms with E-state index in [9.17, 15) is 9.59 Å². The summed E-state index contributed by atoms with van der Waals surface area (Å²) >= 11 is 0. The zero-order valence-corrected chi connectivity index (χ0v) is 14.3. The molecule has 0 unspecified atom stereocenters. The van der Waals surface area contributed by atoms with Gasteiger partial charge >= 0.3 is 5.97 Å². The Bertz CT molecular complexity index is 757. The molecule has 1 heterocycles. The molecule has 2 N–H and O–H groups in total. The summed E-state index contributed by atoms with van der Waals surface area (Å²) in [5, 5.41) is 3.94. The number of benzene rings is 1. The van der Waals surface area contributed by atoms with E-state index in [1.165, 1.54) is 6.42 Å². The maximum absolute atomic E-state index is 12.2. The predicted octanol–water partition coefficient (Wildman–Crippen LogP) is 3.39. The molecular weight excluding hydrogens is 304 g/mol. The fraction of sp³-hybridized carbons (Fsp3) is 0.474. The van der Waals surface area contributed by atoms with Gasteiger partial charge in [0, 0.05) is 16.9 Å². The van der Waals surface area contributed by atoms with Crippen molar-refractivity contribution in [1.29, 1.82) is 0 Å². The molecule has 1 amide bonds. The lowest BCUT2D eigenvalue weighted by molar-refractivity contribution is -0.125. The van der Waals surface area contributed by atoms with Gasteiger partial charge in [-0.1, -0.05) is 25.3 Å². The second-order valence-electron chi connectivity index (χ2n) is 6.70. The molecule has 5 heteroatoms. The van der Waals surface area contributed by atoms with E-state index >= 15 is 0 Å². The second kappa shape index (κ2) is 7.07. The van der Waals surface area contributed by atoms with E-state index in [-0.39, 0.29) is 18.6 Å². The number of hydrogen-bond donors (Lipinski definition) is 2. The highest BCUT2D eigenvalue weighted by molar-refractivity contribution is 5.96. The first-order chi connectivity index (χ1) is 11.5. The highest BCUT2D eigenvalue weighted by Crippen LogP contribution is 2.22. The SMILES string of the molecule is Cc1cc(C)c2cc(C(=O)OCC(=O)NC3CCCCC3)[nH]c2c1. The number of aryl methyl sites for hydroxylation is 2. The Hall–Kier alpha value is -2.30. The number of ether oxygens (including phenoxy) is 1. The zero-order valence-electron chi connectivity index (χ0n) is 14.3. The normalized spacial score (nSPS) is 15.4. The fourth-order valence-electron chi connectivity index (χ4n) is 3.43. The largest absolute Gasteiger partial charge is 0.451 e. The minimum Gasteiger partial charge on any atom is -0.451 e. The molecule has 1 fully saturated rings. The lowest BCUT2D eigenvalue weighted by atomic mass is 9.95. The number of esters is 1. The Kier molecular flexibility index (Phi) is 4.88. The average Bonchev–Trinajstić information content (AvgIpc) is 2.98. The summed E-state index contributed by atoms with van der Waals surface area (Å²) in [6, 6.07) is 6.08. The highest BCUT2D eigenvalue weighted by Gasteiger charge is 2.18. The molecule has 1 aliphatic rings. The molecule has 1 aliphatic carbocycles. The van der Waals surface area contributed by atoms with Crippen molar-refractivity contribution in [3.05, 3.63) is 35.0 Å². The molecule has 0 atom stereocenters. The molecule has 1 aromatic heterocycles. The van der Waals surface area contributed by atoms with Crippen molar-refractivity contribution in [2.24, 2.45) is 0 Å². The Morgan fingerprint density at radius 2 is 1.92 bits per heavy atom. The van der Waals surface area contributed by atoms with Gasteiger partial charge in [0.05, 0.1) is 0 Å². The monoisotopic (exact) mass is 328 g/mol. The number of hydrogen-bond acceptors (Lipinski definition) is 3. The third-order valence-electron chi connectivity index (χ3n) is 4.61. The van der Waals surface area contributed by atoms with Gasteiger partial charge in [0.15, 0.2) is 6.61 Å². The van der Waals surface area contributed by atoms with Crippen molar-refractivity contribution in [2.45, 2.75) is 52.0 Å². The standard InChI is InChI=1S/C19H24N2O3/c1-12-8-13(2)15-10-17(21-16(15)9-12)19(23)24-11-18(22)20-14-6-4-3-5-7-14/h8-10,14,21H,3-7,11H2,1-2H3,(H,20,22). The minimum atomic E-state index is -0.498. The van der Waals surface area contributed by atoms with Gasteiger partial charge in [0.1, 0.15) is 5.69 Å². The summed E-state index contributed by atoms with van der Waals surface area (Å²) < 4.78 is 5.15. The number of carbonyl (C=O) groups excluding carboxylic acids is 2. The molecule has 5 nitrogen and oxygen atoms in total. The first-order valence-corrected chi connectivity index (χ1v) is 8.59. The maximum atomic E-state index is 12.2. The van der Waals surface area contributed by atoms with Crippen molar-refractivity contribution >= 4 is 22.8 Å². The zero-order chi connectivity index (χ0) is 17.1. The number of aromatic amines is 1. The first kappa shape index (κ1) is 16.6. The van der Waals surface area contributed by atoms with Crippen molar-refractivity contribution in [3.8, 4) is 0 Å². The van der Waals surface area contributed by atoms with Crippen LogP contribution in [0.25, 0.3) is 10.9 Å². The van der Waals surface area contributed by atoms with Crippen LogP contribution in [0.3, 0.4) is 0 Å². The number of amides is 1. The van der Waals surface area contributed by atoms with E-state index in [4.69, 9.17) is 4.74 Å². The van der Waals surface area contributed by atoms with Crippen LogP contribution in [0.2, 0.25) is 0 Å². The molecule has 128 valence electrons. The van der Waals surface area contributed by atoms with Gasteiger partial charge in [0.2, 0.25) is 0 Å². The van der Waals surface area contributed by atoms with Gasteiger partial charge in [-0.2, -0.15) is 0 Å². The lowest BCUT2D eigenvalue weighted by Crippen LogP contribution is -2.38. The average molecular weight is 328 g/mol. The summed E-state index contributed by atoms with van der Waals surface area (Å²) in [7, 11) is 0. The van der Waals surface area contributed by atoms with Gasteiger partial charge in [-0.05, 0) is 49.9 Å². The van der Waals surface area contributed by atoms with E-state index in [0.29, 0.717) is 5.69 Å². The van der Waals surface area contributed by atoms with Crippen molar-refractivity contribution < 1.29 is 14.3 Å². The van der Waals surface area contributed by atoms with E-state index in [1.807, 2.05) is 19.9 Å². The minimum absolute atomic E-state index is 0.224. The van der Waals surface area contributed by atoms with Crippen molar-refractivity contribution in [3.63, 3.8) is 0 Å². The first-order valence-electron chi connectivity index (χ1n) is 8.59. The van der Waals surface area contributed by atoms with Crippen LogP contribution in [-0.4, -0.2) is 29.5 Å². The van der Waals surface area contributed by atoms with E-state index in [0.717, 1.165) is 47.7 Å².